The van der Waals surface area contributed by atoms with Gasteiger partial charge < -0.3 is 0 Å². The van der Waals surface area contributed by atoms with Gasteiger partial charge in [-0.1, -0.05) is 46.4 Å². The van der Waals surface area contributed by atoms with Crippen molar-refractivity contribution in [2.45, 2.75) is 3.79 Å². The Hall–Kier alpha value is -0.420. The number of nitrogens with two attached hydrogens (primary N) is 1. The summed E-state index contributed by atoms with van der Waals surface area (Å²) in [4.78, 5) is 15.8. The molecule has 1 heterocycles. The lowest BCUT2D eigenvalue weighted by molar-refractivity contribution is -0.857. The smallest absolute Gasteiger partial charge is 0.284 e. The first kappa shape index (κ1) is 12.6. The minimum atomic E-state index is -2.16. The molecule has 0 saturated carbocycles. The minimum Gasteiger partial charge on any atom is -0.284 e. The number of aromatic nitrogens is 1. The van der Waals surface area contributed by atoms with Gasteiger partial charge in [0.15, 0.2) is 6.20 Å². The highest BCUT2D eigenvalue weighted by Gasteiger charge is 2.35. The highest BCUT2D eigenvalue weighted by atomic mass is 35.6. The van der Waals surface area contributed by atoms with E-state index in [0.717, 1.165) is 4.73 Å². The number of carbonyl (C=O) groups is 1. The molecular formula is C7H5Cl4N2O2+. The molecule has 1 rings (SSSR count). The lowest BCUT2D eigenvalue weighted by atomic mass is 10.5. The quantitative estimate of drug-likeness (QED) is 0.630. The van der Waals surface area contributed by atoms with Gasteiger partial charge in [-0.2, -0.15) is 0 Å². The molecule has 0 aliphatic heterocycles. The molecule has 0 spiro atoms. The average Bonchev–Trinajstić information content (AvgIpc) is 2.09. The van der Waals surface area contributed by atoms with Gasteiger partial charge in [-0.05, 0) is 10.8 Å². The van der Waals surface area contributed by atoms with Crippen molar-refractivity contribution >= 4 is 58.2 Å². The van der Waals surface area contributed by atoms with E-state index in [4.69, 9.17) is 52.1 Å². The van der Waals surface area contributed by atoms with Gasteiger partial charge in [0, 0.05) is 6.07 Å². The predicted molar refractivity (Wildman–Crippen MR) is 57.9 cm³/mol. The molecule has 1 aromatic rings. The standard InChI is InChI=1S/C7H4Cl4N2O2/c8-4-1-2-5(12)13(3-4)15-6(14)7(9,10)11/h1-3,12H/p+1. The molecule has 0 amide bonds. The third-order valence-corrected chi connectivity index (χ3v) is 2.01. The summed E-state index contributed by atoms with van der Waals surface area (Å²) in [5.74, 6) is -0.937. The Morgan fingerprint density at radius 1 is 1.40 bits per heavy atom. The molecule has 0 radical (unpaired) electrons. The predicted octanol–water partition coefficient (Wildman–Crippen LogP) is 1.54. The monoisotopic (exact) mass is 289 g/mol. The maximum atomic E-state index is 11.2. The van der Waals surface area contributed by atoms with Crippen LogP contribution in [0, 0.1) is 0 Å². The van der Waals surface area contributed by atoms with Crippen molar-refractivity contribution < 1.29 is 14.4 Å². The van der Waals surface area contributed by atoms with Crippen molar-refractivity contribution in [2.24, 2.45) is 0 Å². The summed E-state index contributed by atoms with van der Waals surface area (Å²) in [7, 11) is 0. The van der Waals surface area contributed by atoms with E-state index in [1.165, 1.54) is 18.3 Å². The lowest BCUT2D eigenvalue weighted by Crippen LogP contribution is -2.51. The summed E-state index contributed by atoms with van der Waals surface area (Å²) >= 11 is 21.5. The molecule has 2 N–H and O–H groups in total. The molecule has 0 bridgehead atoms. The Morgan fingerprint density at radius 2 is 2.00 bits per heavy atom. The number of hydrogen-bond donors (Lipinski definition) is 1. The van der Waals surface area contributed by atoms with E-state index in [2.05, 4.69) is 4.84 Å². The molecule has 0 aliphatic rings. The highest BCUT2D eigenvalue weighted by molar-refractivity contribution is 6.75. The van der Waals surface area contributed by atoms with Crippen LogP contribution in [0.5, 0.6) is 0 Å². The van der Waals surface area contributed by atoms with Crippen LogP contribution in [0.4, 0.5) is 5.82 Å². The average molecular weight is 291 g/mol. The summed E-state index contributed by atoms with van der Waals surface area (Å²) in [6, 6.07) is 2.96. The lowest BCUT2D eigenvalue weighted by Gasteiger charge is -2.07. The minimum absolute atomic E-state index is 0.141. The Kier molecular flexibility index (Phi) is 3.89. The second kappa shape index (κ2) is 4.61. The first-order valence-corrected chi connectivity index (χ1v) is 5.08. The van der Waals surface area contributed by atoms with E-state index in [-0.39, 0.29) is 5.82 Å². The van der Waals surface area contributed by atoms with Gasteiger partial charge in [0.2, 0.25) is 0 Å². The van der Waals surface area contributed by atoms with Crippen molar-refractivity contribution in [3.05, 3.63) is 23.4 Å². The van der Waals surface area contributed by atoms with Crippen molar-refractivity contribution in [3.63, 3.8) is 0 Å². The number of hydrogen-bond acceptors (Lipinski definition) is 3. The van der Waals surface area contributed by atoms with E-state index in [1.807, 2.05) is 0 Å². The van der Waals surface area contributed by atoms with Crippen LogP contribution < -0.4 is 15.3 Å². The van der Waals surface area contributed by atoms with E-state index in [0.29, 0.717) is 5.02 Å². The molecule has 0 saturated heterocycles. The summed E-state index contributed by atoms with van der Waals surface area (Å²) in [6.07, 6.45) is 1.27. The number of halogens is 4. The van der Waals surface area contributed by atoms with Crippen LogP contribution in [0.2, 0.25) is 5.02 Å². The fourth-order valence-corrected chi connectivity index (χ4v) is 0.943. The fourth-order valence-electron chi connectivity index (χ4n) is 0.688. The van der Waals surface area contributed by atoms with Crippen LogP contribution in [0.3, 0.4) is 0 Å². The van der Waals surface area contributed by atoms with Crippen molar-refractivity contribution in [1.82, 2.24) is 0 Å². The van der Waals surface area contributed by atoms with Crippen LogP contribution in [0.1, 0.15) is 0 Å². The molecule has 0 fully saturated rings. The van der Waals surface area contributed by atoms with E-state index in [1.54, 1.807) is 0 Å². The fraction of sp³-hybridized carbons (Fsp3) is 0.143. The van der Waals surface area contributed by atoms with Crippen LogP contribution in [0.15, 0.2) is 18.3 Å². The van der Waals surface area contributed by atoms with Crippen LogP contribution in [0.25, 0.3) is 0 Å². The summed E-state index contributed by atoms with van der Waals surface area (Å²) < 4.78 is -1.26. The summed E-state index contributed by atoms with van der Waals surface area (Å²) in [5.41, 5.74) is 5.48. The van der Waals surface area contributed by atoms with E-state index in [9.17, 15) is 4.79 Å². The second-order valence-electron chi connectivity index (χ2n) is 2.47. The van der Waals surface area contributed by atoms with Crippen molar-refractivity contribution in [1.29, 1.82) is 0 Å². The topological polar surface area (TPSA) is 56.2 Å². The number of nitrogens with zero attached hydrogens (tertiary/aromatic N) is 1. The van der Waals surface area contributed by atoms with E-state index < -0.39 is 9.76 Å². The molecule has 1 aromatic heterocycles. The summed E-state index contributed by atoms with van der Waals surface area (Å²) in [6.45, 7) is 0. The zero-order valence-corrected chi connectivity index (χ0v) is 10.1. The van der Waals surface area contributed by atoms with Crippen LogP contribution >= 0.6 is 46.4 Å². The zero-order chi connectivity index (χ0) is 11.6. The third kappa shape index (κ3) is 3.57. The SMILES string of the molecule is Nc1ccc(Cl)c[n+]1OC(=O)C(Cl)(Cl)Cl. The normalized spacial score (nSPS) is 11.2. The van der Waals surface area contributed by atoms with Gasteiger partial charge in [-0.3, -0.25) is 10.6 Å². The highest BCUT2D eigenvalue weighted by Crippen LogP contribution is 2.26. The number of rotatable bonds is 1. The number of nitrogen functional groups attached to an aromatic ring is 1. The maximum absolute atomic E-state index is 11.2. The largest absolute Gasteiger partial charge is 0.408 e. The number of carbonyl (C=O) groups excluding carboxylic acids is 1. The summed E-state index contributed by atoms with van der Waals surface area (Å²) in [5, 5.41) is 0.321. The Bertz CT molecular complexity index is 391. The van der Waals surface area contributed by atoms with Gasteiger partial charge in [0.25, 0.3) is 3.79 Å². The van der Waals surface area contributed by atoms with Gasteiger partial charge in [0.1, 0.15) is 0 Å². The van der Waals surface area contributed by atoms with Gasteiger partial charge >= 0.3 is 11.8 Å². The zero-order valence-electron chi connectivity index (χ0n) is 7.08. The molecule has 0 unspecified atom stereocenters. The molecule has 82 valence electrons. The number of pyridine rings is 1. The molecule has 8 heteroatoms. The van der Waals surface area contributed by atoms with Gasteiger partial charge in [0.05, 0.1) is 5.02 Å². The van der Waals surface area contributed by atoms with E-state index >= 15 is 0 Å². The second-order valence-corrected chi connectivity index (χ2v) is 5.19. The van der Waals surface area contributed by atoms with Crippen molar-refractivity contribution in [3.8, 4) is 0 Å². The van der Waals surface area contributed by atoms with Crippen LogP contribution in [-0.4, -0.2) is 9.76 Å². The Balaban J connectivity index is 2.90. The number of alkyl halides is 3. The molecular weight excluding hydrogens is 286 g/mol. The van der Waals surface area contributed by atoms with Crippen LogP contribution in [-0.2, 0) is 4.79 Å². The van der Waals surface area contributed by atoms with Crippen molar-refractivity contribution in [2.75, 3.05) is 5.73 Å². The Labute approximate surface area is 105 Å². The first-order valence-electron chi connectivity index (χ1n) is 3.57. The van der Waals surface area contributed by atoms with Gasteiger partial charge in [-0.15, -0.1) is 0 Å². The molecule has 0 aromatic carbocycles. The molecule has 0 aliphatic carbocycles. The Morgan fingerprint density at radius 3 is 2.53 bits per heavy atom. The number of anilines is 1. The third-order valence-electron chi connectivity index (χ3n) is 1.32. The maximum Gasteiger partial charge on any atom is 0.408 e. The molecule has 0 atom stereocenters. The molecule has 4 nitrogen and oxygen atoms in total. The first-order chi connectivity index (χ1) is 6.80. The molecule has 15 heavy (non-hydrogen) atoms. The van der Waals surface area contributed by atoms with Gasteiger partial charge in [-0.25, -0.2) is 4.79 Å².